The highest BCUT2D eigenvalue weighted by Gasteiger charge is 2.60. The lowest BCUT2D eigenvalue weighted by Gasteiger charge is -2.07. The predicted molar refractivity (Wildman–Crippen MR) is 108 cm³/mol. The molecule has 1 saturated carbocycles. The molecule has 3 rings (SSSR count). The molecule has 6 heteroatoms. The molecule has 2 amide bonds. The number of hydrazine groups is 1. The lowest BCUT2D eigenvalue weighted by molar-refractivity contribution is -0.123. The Labute approximate surface area is 163 Å². The molecule has 27 heavy (non-hydrogen) atoms. The average molecular weight is 384 g/mol. The summed E-state index contributed by atoms with van der Waals surface area (Å²) >= 11 is 1.32. The van der Waals surface area contributed by atoms with E-state index in [4.69, 9.17) is 0 Å². The predicted octanol–water partition coefficient (Wildman–Crippen LogP) is 4.12. The van der Waals surface area contributed by atoms with Crippen LogP contribution in [0.1, 0.15) is 43.1 Å². The van der Waals surface area contributed by atoms with Crippen LogP contribution in [0.2, 0.25) is 0 Å². The van der Waals surface area contributed by atoms with E-state index in [0.717, 1.165) is 10.6 Å². The number of carbonyl (C=O) groups is 2. The lowest BCUT2D eigenvalue weighted by atomic mass is 10.1. The highest BCUT2D eigenvalue weighted by Crippen LogP contribution is 2.59. The third kappa shape index (κ3) is 3.95. The molecule has 1 fully saturated rings. The maximum atomic E-state index is 12.5. The van der Waals surface area contributed by atoms with Gasteiger partial charge in [-0.3, -0.25) is 20.4 Å². The summed E-state index contributed by atoms with van der Waals surface area (Å²) in [6.07, 6.45) is 2.13. The summed E-state index contributed by atoms with van der Waals surface area (Å²) in [7, 11) is 0. The van der Waals surface area contributed by atoms with E-state index in [-0.39, 0.29) is 29.1 Å². The van der Waals surface area contributed by atoms with Crippen molar-refractivity contribution in [3.8, 4) is 10.6 Å². The molecule has 1 aromatic heterocycles. The first kappa shape index (κ1) is 19.3. The molecule has 142 valence electrons. The zero-order chi connectivity index (χ0) is 19.8. The molecule has 2 atom stereocenters. The standard InChI is InChI=1S/C21H25N3O2S/c1-12(2)11-15-16(21(15,4)5)18(25)23-24-19(26)17-13(3)22-20(27-17)14-9-7-6-8-10-14/h6-11,15-16H,1-5H3,(H,23,25)(H,24,26). The van der Waals surface area contributed by atoms with Gasteiger partial charge in [-0.25, -0.2) is 4.98 Å². The quantitative estimate of drug-likeness (QED) is 0.616. The van der Waals surface area contributed by atoms with Gasteiger partial charge in [-0.1, -0.05) is 55.8 Å². The molecular formula is C21H25N3O2S. The van der Waals surface area contributed by atoms with Crippen molar-refractivity contribution in [2.45, 2.75) is 34.6 Å². The van der Waals surface area contributed by atoms with Crippen LogP contribution in [0.5, 0.6) is 0 Å². The molecule has 2 aromatic rings. The number of aryl methyl sites for hydroxylation is 1. The van der Waals surface area contributed by atoms with Crippen molar-refractivity contribution >= 4 is 23.2 Å². The van der Waals surface area contributed by atoms with Gasteiger partial charge in [0.15, 0.2) is 0 Å². The van der Waals surface area contributed by atoms with Crippen molar-refractivity contribution in [3.63, 3.8) is 0 Å². The number of nitrogens with one attached hydrogen (secondary N) is 2. The van der Waals surface area contributed by atoms with Crippen LogP contribution >= 0.6 is 11.3 Å². The average Bonchev–Trinajstić information content (AvgIpc) is 2.96. The van der Waals surface area contributed by atoms with Gasteiger partial charge < -0.3 is 0 Å². The Bertz CT molecular complexity index is 895. The highest BCUT2D eigenvalue weighted by atomic mass is 32.1. The molecule has 1 aliphatic rings. The third-order valence-corrected chi connectivity index (χ3v) is 6.23. The van der Waals surface area contributed by atoms with Crippen LogP contribution in [-0.2, 0) is 4.79 Å². The fourth-order valence-corrected chi connectivity index (χ4v) is 4.38. The minimum Gasteiger partial charge on any atom is -0.273 e. The molecule has 0 spiro atoms. The summed E-state index contributed by atoms with van der Waals surface area (Å²) in [5.41, 5.74) is 7.87. The van der Waals surface area contributed by atoms with Gasteiger partial charge in [-0.15, -0.1) is 11.3 Å². The number of thiazole rings is 1. The number of amides is 2. The van der Waals surface area contributed by atoms with Crippen molar-refractivity contribution in [1.82, 2.24) is 15.8 Å². The second-order valence-corrected chi connectivity index (χ2v) is 8.81. The number of nitrogens with zero attached hydrogens (tertiary/aromatic N) is 1. The summed E-state index contributed by atoms with van der Waals surface area (Å²) in [6.45, 7) is 10.0. The van der Waals surface area contributed by atoms with Crippen molar-refractivity contribution in [2.75, 3.05) is 0 Å². The van der Waals surface area contributed by atoms with E-state index in [1.165, 1.54) is 16.9 Å². The van der Waals surface area contributed by atoms with E-state index in [1.54, 1.807) is 6.92 Å². The largest absolute Gasteiger partial charge is 0.281 e. The smallest absolute Gasteiger partial charge is 0.273 e. The van der Waals surface area contributed by atoms with Crippen molar-refractivity contribution in [1.29, 1.82) is 0 Å². The molecule has 0 aliphatic heterocycles. The zero-order valence-electron chi connectivity index (χ0n) is 16.3. The topological polar surface area (TPSA) is 71.1 Å². The van der Waals surface area contributed by atoms with Crippen LogP contribution in [0.4, 0.5) is 0 Å². The molecule has 1 aliphatic carbocycles. The molecule has 2 N–H and O–H groups in total. The maximum absolute atomic E-state index is 12.5. The monoisotopic (exact) mass is 383 g/mol. The van der Waals surface area contributed by atoms with Crippen molar-refractivity contribution < 1.29 is 9.59 Å². The van der Waals surface area contributed by atoms with Gasteiger partial charge in [0, 0.05) is 5.56 Å². The molecule has 1 aromatic carbocycles. The summed E-state index contributed by atoms with van der Waals surface area (Å²) in [5, 5.41) is 0.788. The summed E-state index contributed by atoms with van der Waals surface area (Å²) < 4.78 is 0. The molecule has 0 radical (unpaired) electrons. The Morgan fingerprint density at radius 2 is 1.81 bits per heavy atom. The number of allylic oxidation sites excluding steroid dienone is 2. The number of rotatable bonds is 4. The number of carbonyl (C=O) groups excluding carboxylic acids is 2. The minimum atomic E-state index is -0.335. The molecule has 0 bridgehead atoms. The van der Waals surface area contributed by atoms with Gasteiger partial charge in [-0.05, 0) is 32.1 Å². The van der Waals surface area contributed by atoms with E-state index < -0.39 is 0 Å². The van der Waals surface area contributed by atoms with Crippen LogP contribution < -0.4 is 10.9 Å². The van der Waals surface area contributed by atoms with E-state index in [1.807, 2.05) is 44.2 Å². The van der Waals surface area contributed by atoms with E-state index in [2.05, 4.69) is 35.8 Å². The number of benzene rings is 1. The second kappa shape index (κ2) is 7.27. The van der Waals surface area contributed by atoms with Crippen LogP contribution in [0.15, 0.2) is 42.0 Å². The molecule has 0 saturated heterocycles. The third-order valence-electron chi connectivity index (χ3n) is 5.03. The number of aromatic nitrogens is 1. The lowest BCUT2D eigenvalue weighted by Crippen LogP contribution is -2.43. The SMILES string of the molecule is CC(C)=CC1C(C(=O)NNC(=O)c2sc(-c3ccccc3)nc2C)C1(C)C. The zero-order valence-corrected chi connectivity index (χ0v) is 17.1. The van der Waals surface area contributed by atoms with Gasteiger partial charge in [0.1, 0.15) is 9.88 Å². The summed E-state index contributed by atoms with van der Waals surface area (Å²) in [4.78, 5) is 30.0. The molecule has 5 nitrogen and oxygen atoms in total. The van der Waals surface area contributed by atoms with E-state index >= 15 is 0 Å². The molecular weight excluding hydrogens is 358 g/mol. The minimum absolute atomic E-state index is 0.0903. The maximum Gasteiger partial charge on any atom is 0.281 e. The fourth-order valence-electron chi connectivity index (χ4n) is 3.41. The van der Waals surface area contributed by atoms with Crippen LogP contribution in [0.3, 0.4) is 0 Å². The van der Waals surface area contributed by atoms with Crippen molar-refractivity contribution in [3.05, 3.63) is 52.6 Å². The van der Waals surface area contributed by atoms with Crippen molar-refractivity contribution in [2.24, 2.45) is 17.3 Å². The molecule has 2 unspecified atom stereocenters. The van der Waals surface area contributed by atoms with E-state index in [0.29, 0.717) is 10.6 Å². The van der Waals surface area contributed by atoms with Gasteiger partial charge in [0.05, 0.1) is 11.6 Å². The first-order valence-electron chi connectivity index (χ1n) is 9.00. The summed E-state index contributed by atoms with van der Waals surface area (Å²) in [6, 6.07) is 9.73. The van der Waals surface area contributed by atoms with Gasteiger partial charge >= 0.3 is 0 Å². The Hall–Kier alpha value is -2.47. The first-order chi connectivity index (χ1) is 12.7. The van der Waals surface area contributed by atoms with Gasteiger partial charge in [0.25, 0.3) is 5.91 Å². The Balaban J connectivity index is 1.64. The number of hydrogen-bond acceptors (Lipinski definition) is 4. The highest BCUT2D eigenvalue weighted by molar-refractivity contribution is 7.17. The van der Waals surface area contributed by atoms with Crippen LogP contribution in [0.25, 0.3) is 10.6 Å². The number of hydrogen-bond donors (Lipinski definition) is 2. The summed E-state index contributed by atoms with van der Waals surface area (Å²) in [5.74, 6) is -0.414. The second-order valence-electron chi connectivity index (χ2n) is 7.81. The van der Waals surface area contributed by atoms with Gasteiger partial charge in [-0.2, -0.15) is 0 Å². The van der Waals surface area contributed by atoms with Gasteiger partial charge in [0.2, 0.25) is 5.91 Å². The first-order valence-corrected chi connectivity index (χ1v) is 9.81. The Morgan fingerprint density at radius 1 is 1.15 bits per heavy atom. The van der Waals surface area contributed by atoms with E-state index in [9.17, 15) is 9.59 Å². The normalized spacial score (nSPS) is 19.9. The Kier molecular flexibility index (Phi) is 5.20. The van der Waals surface area contributed by atoms with Crippen LogP contribution in [-0.4, -0.2) is 16.8 Å². The fraction of sp³-hybridized carbons (Fsp3) is 0.381. The Morgan fingerprint density at radius 3 is 2.44 bits per heavy atom. The van der Waals surface area contributed by atoms with Crippen LogP contribution in [0, 0.1) is 24.2 Å². The molecule has 1 heterocycles.